The summed E-state index contributed by atoms with van der Waals surface area (Å²) in [4.78, 5) is 15.8. The number of carbonyl (C=O) groups excluding carboxylic acids is 1. The maximum atomic E-state index is 11.8. The molecule has 1 aromatic rings. The summed E-state index contributed by atoms with van der Waals surface area (Å²) in [5.41, 5.74) is 0. The van der Waals surface area contributed by atoms with Gasteiger partial charge in [-0.3, -0.25) is 4.79 Å². The molecule has 3 nitrogen and oxygen atoms in total. The van der Waals surface area contributed by atoms with Gasteiger partial charge in [0.05, 0.1) is 0 Å². The molecule has 1 amide bonds. The number of unbranched alkanes of at least 4 members (excludes halogenated alkanes) is 12. The lowest BCUT2D eigenvalue weighted by atomic mass is 10.0. The lowest BCUT2D eigenvalue weighted by Crippen LogP contribution is -2.11. The molecule has 0 unspecified atom stereocenters. The first-order valence-electron chi connectivity index (χ1n) is 9.95. The molecule has 1 heterocycles. The second kappa shape index (κ2) is 15.2. The second-order valence-corrected chi connectivity index (χ2v) is 6.68. The van der Waals surface area contributed by atoms with Crippen LogP contribution in [0.2, 0.25) is 0 Å². The number of nitrogens with zero attached hydrogens (tertiary/aromatic N) is 1. The van der Waals surface area contributed by atoms with Crippen LogP contribution in [-0.4, -0.2) is 10.9 Å². The number of rotatable bonds is 15. The van der Waals surface area contributed by atoms with Gasteiger partial charge in [-0.2, -0.15) is 0 Å². The van der Waals surface area contributed by atoms with Gasteiger partial charge in [0.15, 0.2) is 0 Å². The number of hydrogen-bond donors (Lipinski definition) is 1. The molecule has 0 saturated heterocycles. The largest absolute Gasteiger partial charge is 0.311 e. The van der Waals surface area contributed by atoms with E-state index in [2.05, 4.69) is 23.3 Å². The highest BCUT2D eigenvalue weighted by Gasteiger charge is 2.02. The van der Waals surface area contributed by atoms with Gasteiger partial charge in [0.2, 0.25) is 5.91 Å². The average Bonchev–Trinajstić information content (AvgIpc) is 2.60. The van der Waals surface area contributed by atoms with Crippen molar-refractivity contribution in [3.05, 3.63) is 24.4 Å². The van der Waals surface area contributed by atoms with E-state index in [0.29, 0.717) is 12.2 Å². The Bertz CT molecular complexity index is 406. The van der Waals surface area contributed by atoms with Gasteiger partial charge in [-0.05, 0) is 18.6 Å². The van der Waals surface area contributed by atoms with Crippen molar-refractivity contribution < 1.29 is 4.79 Å². The molecule has 0 fully saturated rings. The Kier molecular flexibility index (Phi) is 13.1. The molecule has 1 N–H and O–H groups in total. The highest BCUT2D eigenvalue weighted by atomic mass is 16.1. The Labute approximate surface area is 148 Å². The lowest BCUT2D eigenvalue weighted by Gasteiger charge is -2.04. The second-order valence-electron chi connectivity index (χ2n) is 6.68. The minimum absolute atomic E-state index is 0.0665. The average molecular weight is 332 g/mol. The molecule has 0 aliphatic carbocycles. The van der Waals surface area contributed by atoms with E-state index < -0.39 is 0 Å². The van der Waals surface area contributed by atoms with Gasteiger partial charge in [-0.25, -0.2) is 4.98 Å². The van der Waals surface area contributed by atoms with Crippen molar-refractivity contribution in [2.45, 2.75) is 96.8 Å². The van der Waals surface area contributed by atoms with Crippen molar-refractivity contribution in [2.75, 3.05) is 5.32 Å². The van der Waals surface area contributed by atoms with Gasteiger partial charge in [-0.1, -0.05) is 84.0 Å². The van der Waals surface area contributed by atoms with E-state index >= 15 is 0 Å². The molecule has 1 rings (SSSR count). The van der Waals surface area contributed by atoms with Crippen LogP contribution in [0.5, 0.6) is 0 Å². The fourth-order valence-electron chi connectivity index (χ4n) is 2.90. The minimum atomic E-state index is 0.0665. The van der Waals surface area contributed by atoms with Gasteiger partial charge < -0.3 is 5.32 Å². The summed E-state index contributed by atoms with van der Waals surface area (Å²) in [6.45, 7) is 2.27. The van der Waals surface area contributed by atoms with Gasteiger partial charge in [0.1, 0.15) is 5.82 Å². The number of carbonyl (C=O) groups is 1. The van der Waals surface area contributed by atoms with E-state index in [1.807, 2.05) is 0 Å². The van der Waals surface area contributed by atoms with Gasteiger partial charge in [0.25, 0.3) is 0 Å². The molecule has 135 valence electrons. The molecular weight excluding hydrogens is 296 g/mol. The van der Waals surface area contributed by atoms with Crippen LogP contribution >= 0.6 is 0 Å². The van der Waals surface area contributed by atoms with Gasteiger partial charge in [-0.15, -0.1) is 0 Å². The number of anilines is 1. The monoisotopic (exact) mass is 331 g/mol. The predicted molar refractivity (Wildman–Crippen MR) is 102 cm³/mol. The molecule has 0 aliphatic rings. The molecule has 1 radical (unpaired) electrons. The van der Waals surface area contributed by atoms with Crippen molar-refractivity contribution in [3.8, 4) is 0 Å². The van der Waals surface area contributed by atoms with Crippen LogP contribution < -0.4 is 5.32 Å². The zero-order chi connectivity index (χ0) is 17.3. The van der Waals surface area contributed by atoms with E-state index in [1.165, 1.54) is 70.6 Å². The third-order valence-corrected chi connectivity index (χ3v) is 4.39. The zero-order valence-corrected chi connectivity index (χ0v) is 15.5. The third kappa shape index (κ3) is 12.1. The van der Waals surface area contributed by atoms with Crippen LogP contribution in [-0.2, 0) is 4.79 Å². The predicted octanol–water partition coefficient (Wildman–Crippen LogP) is 6.30. The molecule has 1 aromatic heterocycles. The van der Waals surface area contributed by atoms with E-state index in [-0.39, 0.29) is 5.91 Å². The maximum absolute atomic E-state index is 11.8. The summed E-state index contributed by atoms with van der Waals surface area (Å²) in [6, 6.07) is 6.36. The van der Waals surface area contributed by atoms with Crippen molar-refractivity contribution in [1.82, 2.24) is 4.98 Å². The van der Waals surface area contributed by atoms with Gasteiger partial charge >= 0.3 is 0 Å². The Morgan fingerprint density at radius 2 is 1.46 bits per heavy atom. The van der Waals surface area contributed by atoms with E-state index in [0.717, 1.165) is 12.8 Å². The zero-order valence-electron chi connectivity index (χ0n) is 15.5. The van der Waals surface area contributed by atoms with Crippen LogP contribution in [0, 0.1) is 6.07 Å². The molecule has 0 atom stereocenters. The summed E-state index contributed by atoms with van der Waals surface area (Å²) in [6.07, 6.45) is 19.4. The summed E-state index contributed by atoms with van der Waals surface area (Å²) in [7, 11) is 0. The third-order valence-electron chi connectivity index (χ3n) is 4.39. The summed E-state index contributed by atoms with van der Waals surface area (Å²) in [5, 5.41) is 2.82. The lowest BCUT2D eigenvalue weighted by molar-refractivity contribution is -0.116. The molecule has 0 aliphatic heterocycles. The van der Waals surface area contributed by atoms with Crippen LogP contribution in [0.3, 0.4) is 0 Å². The first-order chi connectivity index (χ1) is 11.8. The highest BCUT2D eigenvalue weighted by Crippen LogP contribution is 2.13. The first kappa shape index (κ1) is 20.7. The SMILES string of the molecule is CCCCCCCCCCCCCCCC(=O)Nc1cc[c]cn1. The normalized spacial score (nSPS) is 10.7. The van der Waals surface area contributed by atoms with Gasteiger partial charge in [0, 0.05) is 18.7 Å². The Morgan fingerprint density at radius 3 is 1.96 bits per heavy atom. The Hall–Kier alpha value is -1.38. The Balaban J connectivity index is 1.81. The number of amides is 1. The van der Waals surface area contributed by atoms with E-state index in [4.69, 9.17) is 0 Å². The summed E-state index contributed by atoms with van der Waals surface area (Å²) in [5.74, 6) is 0.685. The molecule has 3 heteroatoms. The smallest absolute Gasteiger partial charge is 0.225 e. The Morgan fingerprint density at radius 1 is 0.917 bits per heavy atom. The number of hydrogen-bond acceptors (Lipinski definition) is 2. The number of pyridine rings is 1. The molecule has 0 spiro atoms. The van der Waals surface area contributed by atoms with Crippen LogP contribution in [0.4, 0.5) is 5.82 Å². The topological polar surface area (TPSA) is 42.0 Å². The first-order valence-corrected chi connectivity index (χ1v) is 9.95. The molecule has 0 aromatic carbocycles. The van der Waals surface area contributed by atoms with Crippen molar-refractivity contribution in [2.24, 2.45) is 0 Å². The molecule has 0 bridgehead atoms. The van der Waals surface area contributed by atoms with Crippen molar-refractivity contribution in [1.29, 1.82) is 0 Å². The van der Waals surface area contributed by atoms with E-state index in [9.17, 15) is 4.79 Å². The number of aromatic nitrogens is 1. The standard InChI is InChI=1S/C21H35N2O/c1-2-3-4-5-6-7-8-9-10-11-12-13-14-18-21(24)23-20-17-15-16-19-22-20/h15,17,19H,2-14,18H2,1H3,(H,22,23,24). The van der Waals surface area contributed by atoms with Crippen LogP contribution in [0.1, 0.15) is 96.8 Å². The van der Waals surface area contributed by atoms with Crippen LogP contribution in [0.25, 0.3) is 0 Å². The summed E-state index contributed by atoms with van der Waals surface area (Å²) >= 11 is 0. The highest BCUT2D eigenvalue weighted by molar-refractivity contribution is 5.89. The minimum Gasteiger partial charge on any atom is -0.311 e. The van der Waals surface area contributed by atoms with Crippen molar-refractivity contribution >= 4 is 11.7 Å². The van der Waals surface area contributed by atoms with E-state index in [1.54, 1.807) is 18.3 Å². The summed E-state index contributed by atoms with van der Waals surface area (Å²) < 4.78 is 0. The maximum Gasteiger partial charge on any atom is 0.225 e. The van der Waals surface area contributed by atoms with Crippen LogP contribution in [0.15, 0.2) is 18.3 Å². The fourth-order valence-corrected chi connectivity index (χ4v) is 2.90. The van der Waals surface area contributed by atoms with Crippen molar-refractivity contribution in [3.63, 3.8) is 0 Å². The molecule has 0 saturated carbocycles. The quantitative estimate of drug-likeness (QED) is 0.383. The molecule has 24 heavy (non-hydrogen) atoms. The fraction of sp³-hybridized carbons (Fsp3) is 0.714. The number of nitrogens with one attached hydrogen (secondary N) is 1. The molecular formula is C21H35N2O.